The fourth-order valence-electron chi connectivity index (χ4n) is 3.47. The molecule has 0 amide bonds. The summed E-state index contributed by atoms with van der Waals surface area (Å²) in [5.74, 6) is 2.58. The molecule has 136 valence electrons. The molecule has 3 rings (SSSR count). The molecule has 25 heavy (non-hydrogen) atoms. The van der Waals surface area contributed by atoms with Crippen LogP contribution < -0.4 is 14.4 Å². The van der Waals surface area contributed by atoms with Crippen molar-refractivity contribution in [1.29, 1.82) is 0 Å². The highest BCUT2D eigenvalue weighted by atomic mass is 32.2. The van der Waals surface area contributed by atoms with E-state index >= 15 is 0 Å². The van der Waals surface area contributed by atoms with Gasteiger partial charge in [0.05, 0.1) is 12.6 Å². The summed E-state index contributed by atoms with van der Waals surface area (Å²) in [5, 5.41) is 0.998. The number of methoxy groups -OCH3 is 1. The van der Waals surface area contributed by atoms with Gasteiger partial charge in [-0.2, -0.15) is 0 Å². The van der Waals surface area contributed by atoms with Crippen LogP contribution in [0.5, 0.6) is 5.75 Å². The topological polar surface area (TPSA) is 84.4 Å². The Morgan fingerprint density at radius 3 is 2.76 bits per heavy atom. The van der Waals surface area contributed by atoms with Crippen LogP contribution in [0.1, 0.15) is 19.8 Å². The molecule has 1 aliphatic rings. The van der Waals surface area contributed by atoms with Crippen LogP contribution in [-0.2, 0) is 10.9 Å². The lowest BCUT2D eigenvalue weighted by atomic mass is 9.85. The van der Waals surface area contributed by atoms with E-state index in [0.717, 1.165) is 48.4 Å². The first kappa shape index (κ1) is 17.9. The first-order valence-electron chi connectivity index (χ1n) is 8.50. The van der Waals surface area contributed by atoms with Crippen LogP contribution in [0.15, 0.2) is 24.5 Å². The zero-order valence-corrected chi connectivity index (χ0v) is 15.4. The molecule has 0 saturated carbocycles. The lowest BCUT2D eigenvalue weighted by molar-refractivity contribution is 0.293. The highest BCUT2D eigenvalue weighted by Gasteiger charge is 2.25. The van der Waals surface area contributed by atoms with E-state index in [-0.39, 0.29) is 0 Å². The van der Waals surface area contributed by atoms with Gasteiger partial charge in [-0.3, -0.25) is 0 Å². The maximum absolute atomic E-state index is 10.7. The van der Waals surface area contributed by atoms with Gasteiger partial charge in [0.2, 0.25) is 10.9 Å². The van der Waals surface area contributed by atoms with E-state index in [0.29, 0.717) is 18.4 Å². The van der Waals surface area contributed by atoms with E-state index in [9.17, 15) is 8.42 Å². The predicted octanol–water partition coefficient (Wildman–Crippen LogP) is 1.61. The van der Waals surface area contributed by atoms with Gasteiger partial charge in [-0.05, 0) is 42.9 Å². The fourth-order valence-corrected chi connectivity index (χ4v) is 3.90. The summed E-state index contributed by atoms with van der Waals surface area (Å²) in [6.45, 7) is 4.43. The maximum Gasteiger partial charge on any atom is 0.201 e. The normalized spacial score (nSPS) is 17.2. The fraction of sp³-hybridized carbons (Fsp3) is 0.529. The average Bonchev–Trinajstić information content (AvgIpc) is 2.65. The summed E-state index contributed by atoms with van der Waals surface area (Å²) in [5.41, 5.74) is 0.907. The van der Waals surface area contributed by atoms with Crippen LogP contribution in [0, 0.1) is 11.8 Å². The number of hydrogen-bond acceptors (Lipinski definition) is 6. The van der Waals surface area contributed by atoms with Crippen molar-refractivity contribution in [2.24, 2.45) is 11.8 Å². The molecule has 7 nitrogen and oxygen atoms in total. The number of anilines is 1. The van der Waals surface area contributed by atoms with Gasteiger partial charge in [0.15, 0.2) is 0 Å². The molecule has 0 aliphatic carbocycles. The van der Waals surface area contributed by atoms with Gasteiger partial charge in [-0.25, -0.2) is 23.1 Å². The Hall–Kier alpha value is -1.93. The van der Waals surface area contributed by atoms with Crippen LogP contribution in [0.4, 0.5) is 5.82 Å². The molecule has 1 aromatic carbocycles. The minimum absolute atomic E-state index is 0.331. The summed E-state index contributed by atoms with van der Waals surface area (Å²) >= 11 is 0. The average molecular weight is 364 g/mol. The van der Waals surface area contributed by atoms with Crippen molar-refractivity contribution in [3.8, 4) is 5.75 Å². The molecule has 1 fully saturated rings. The van der Waals surface area contributed by atoms with Crippen molar-refractivity contribution in [3.63, 3.8) is 0 Å². The molecule has 0 bridgehead atoms. The number of benzene rings is 1. The standard InChI is InChI=1S/C17H24N4O3S/c1-12(10-20-25(22)23)13-5-7-21(8-6-13)17-15-9-14(24-2)3-4-16(15)18-11-19-17/h3-4,9,11-13,25H,5-8,10H2,1-2H3,(H,20,22,23). The predicted molar refractivity (Wildman–Crippen MR) is 98.5 cm³/mol. The van der Waals surface area contributed by atoms with E-state index in [1.807, 2.05) is 18.2 Å². The third-order valence-electron chi connectivity index (χ3n) is 5.01. The van der Waals surface area contributed by atoms with Crippen molar-refractivity contribution in [1.82, 2.24) is 14.7 Å². The zero-order chi connectivity index (χ0) is 17.8. The summed E-state index contributed by atoms with van der Waals surface area (Å²) in [4.78, 5) is 11.1. The molecule has 1 aromatic heterocycles. The quantitative estimate of drug-likeness (QED) is 0.758. The van der Waals surface area contributed by atoms with E-state index in [4.69, 9.17) is 4.74 Å². The number of piperidine rings is 1. The highest BCUT2D eigenvalue weighted by molar-refractivity contribution is 7.70. The minimum Gasteiger partial charge on any atom is -0.497 e. The van der Waals surface area contributed by atoms with Crippen molar-refractivity contribution in [2.75, 3.05) is 31.6 Å². The SMILES string of the molecule is COc1ccc2ncnc(N3CCC(C(C)CN[SH](=O)=O)CC3)c2c1. The number of thiol groups is 1. The van der Waals surface area contributed by atoms with Crippen LogP contribution in [0.3, 0.4) is 0 Å². The number of ether oxygens (including phenoxy) is 1. The molecule has 2 aromatic rings. The summed E-state index contributed by atoms with van der Waals surface area (Å²) in [6.07, 6.45) is 3.65. The second kappa shape index (κ2) is 7.97. The lowest BCUT2D eigenvalue weighted by Gasteiger charge is -2.35. The Morgan fingerprint density at radius 2 is 2.08 bits per heavy atom. The number of nitrogens with one attached hydrogen (secondary N) is 1. The monoisotopic (exact) mass is 364 g/mol. The summed E-state index contributed by atoms with van der Waals surface area (Å²) in [6, 6.07) is 5.83. The van der Waals surface area contributed by atoms with Crippen molar-refractivity contribution in [3.05, 3.63) is 24.5 Å². The Kier molecular flexibility index (Phi) is 5.70. The highest BCUT2D eigenvalue weighted by Crippen LogP contribution is 2.31. The largest absolute Gasteiger partial charge is 0.497 e. The third-order valence-corrected chi connectivity index (χ3v) is 5.45. The van der Waals surface area contributed by atoms with Gasteiger partial charge in [0, 0.05) is 25.0 Å². The third kappa shape index (κ3) is 4.19. The van der Waals surface area contributed by atoms with Gasteiger partial charge in [-0.1, -0.05) is 6.92 Å². The Morgan fingerprint density at radius 1 is 1.32 bits per heavy atom. The van der Waals surface area contributed by atoms with Crippen molar-refractivity contribution < 1.29 is 13.2 Å². The number of fused-ring (bicyclic) bond motifs is 1. The maximum atomic E-state index is 10.7. The summed E-state index contributed by atoms with van der Waals surface area (Å²) in [7, 11) is -0.859. The Bertz CT molecular complexity index is 796. The number of rotatable bonds is 6. The van der Waals surface area contributed by atoms with Crippen molar-refractivity contribution >= 4 is 27.6 Å². The van der Waals surface area contributed by atoms with Crippen molar-refractivity contribution in [2.45, 2.75) is 19.8 Å². The van der Waals surface area contributed by atoms with Gasteiger partial charge >= 0.3 is 0 Å². The molecule has 2 heterocycles. The smallest absolute Gasteiger partial charge is 0.201 e. The van der Waals surface area contributed by atoms with Crippen LogP contribution in [0.2, 0.25) is 0 Å². The molecule has 0 radical (unpaired) electrons. The minimum atomic E-state index is -2.51. The number of hydrogen-bond donors (Lipinski definition) is 2. The van der Waals surface area contributed by atoms with Gasteiger partial charge in [-0.15, -0.1) is 0 Å². The van der Waals surface area contributed by atoms with E-state index in [1.165, 1.54) is 0 Å². The van der Waals surface area contributed by atoms with E-state index in [2.05, 4.69) is 26.5 Å². The molecule has 1 N–H and O–H groups in total. The molecule has 1 saturated heterocycles. The summed E-state index contributed by atoms with van der Waals surface area (Å²) < 4.78 is 29.2. The van der Waals surface area contributed by atoms with Crippen LogP contribution in [-0.4, -0.2) is 45.1 Å². The van der Waals surface area contributed by atoms with Gasteiger partial charge in [0.25, 0.3) is 0 Å². The second-order valence-electron chi connectivity index (χ2n) is 6.50. The van der Waals surface area contributed by atoms with Crippen LogP contribution >= 0.6 is 0 Å². The molecule has 1 atom stereocenters. The lowest BCUT2D eigenvalue weighted by Crippen LogP contribution is -2.38. The molecule has 1 aliphatic heterocycles. The first-order chi connectivity index (χ1) is 12.1. The Labute approximate surface area is 149 Å². The second-order valence-corrected chi connectivity index (χ2v) is 7.33. The van der Waals surface area contributed by atoms with Crippen LogP contribution in [0.25, 0.3) is 10.9 Å². The van der Waals surface area contributed by atoms with Gasteiger partial charge < -0.3 is 9.64 Å². The molecule has 1 unspecified atom stereocenters. The Balaban J connectivity index is 1.71. The first-order valence-corrected chi connectivity index (χ1v) is 9.68. The van der Waals surface area contributed by atoms with Gasteiger partial charge in [0.1, 0.15) is 17.9 Å². The number of nitrogens with zero attached hydrogens (tertiary/aromatic N) is 3. The van der Waals surface area contributed by atoms with E-state index in [1.54, 1.807) is 13.4 Å². The zero-order valence-electron chi connectivity index (χ0n) is 14.5. The molecular weight excluding hydrogens is 340 g/mol. The molecule has 8 heteroatoms. The molecular formula is C17H24N4O3S. The van der Waals surface area contributed by atoms with E-state index < -0.39 is 10.9 Å². The molecule has 0 spiro atoms. The number of aromatic nitrogens is 2.